The molecule has 0 aliphatic heterocycles. The van der Waals surface area contributed by atoms with Gasteiger partial charge in [0.15, 0.2) is 0 Å². The lowest BCUT2D eigenvalue weighted by molar-refractivity contribution is -0.384. The third-order valence-corrected chi connectivity index (χ3v) is 5.26. The number of nitro benzene ring substituents is 1. The van der Waals surface area contributed by atoms with Crippen LogP contribution in [0.15, 0.2) is 17.0 Å². The van der Waals surface area contributed by atoms with Gasteiger partial charge in [-0.2, -0.15) is 0 Å². The molecule has 0 bridgehead atoms. The van der Waals surface area contributed by atoms with Crippen LogP contribution < -0.4 is 9.86 Å². The second kappa shape index (κ2) is 6.42. The number of halogens is 2. The predicted octanol–water partition coefficient (Wildman–Crippen LogP) is 0.468. The minimum atomic E-state index is -4.25. The molecule has 3 N–H and O–H groups in total. The Balaban J connectivity index is 3.15. The summed E-state index contributed by atoms with van der Waals surface area (Å²) in [7, 11) is -8.11. The van der Waals surface area contributed by atoms with E-state index in [2.05, 4.69) is 0 Å². The van der Waals surface area contributed by atoms with E-state index in [1.807, 2.05) is 4.72 Å². The molecule has 1 aromatic rings. The van der Waals surface area contributed by atoms with Crippen LogP contribution in [0.3, 0.4) is 0 Å². The van der Waals surface area contributed by atoms with Crippen LogP contribution in [0, 0.1) is 10.1 Å². The van der Waals surface area contributed by atoms with Crippen molar-refractivity contribution >= 4 is 48.9 Å². The first kappa shape index (κ1) is 18.1. The number of rotatable bonds is 6. The van der Waals surface area contributed by atoms with Gasteiger partial charge in [0.1, 0.15) is 14.9 Å². The molecule has 21 heavy (non-hydrogen) atoms. The van der Waals surface area contributed by atoms with Gasteiger partial charge < -0.3 is 0 Å². The molecule has 0 aliphatic carbocycles. The molecule has 0 heterocycles. The van der Waals surface area contributed by atoms with Crippen molar-refractivity contribution in [2.75, 3.05) is 12.3 Å². The minimum absolute atomic E-state index is 0.325. The van der Waals surface area contributed by atoms with Crippen LogP contribution in [0.2, 0.25) is 10.0 Å². The van der Waals surface area contributed by atoms with Crippen molar-refractivity contribution in [3.05, 3.63) is 32.3 Å². The summed E-state index contributed by atoms with van der Waals surface area (Å²) < 4.78 is 47.2. The van der Waals surface area contributed by atoms with E-state index in [-0.39, 0.29) is 5.02 Å². The van der Waals surface area contributed by atoms with Crippen molar-refractivity contribution in [2.24, 2.45) is 5.14 Å². The molecule has 1 rings (SSSR count). The van der Waals surface area contributed by atoms with E-state index in [0.29, 0.717) is 0 Å². The molecule has 9 nitrogen and oxygen atoms in total. The van der Waals surface area contributed by atoms with E-state index in [1.165, 1.54) is 0 Å². The maximum atomic E-state index is 11.9. The number of nitro groups is 1. The van der Waals surface area contributed by atoms with E-state index < -0.39 is 52.9 Å². The van der Waals surface area contributed by atoms with Crippen LogP contribution in [0.1, 0.15) is 0 Å². The van der Waals surface area contributed by atoms with Crippen molar-refractivity contribution in [1.82, 2.24) is 4.72 Å². The smallest absolute Gasteiger partial charge is 0.258 e. The summed E-state index contributed by atoms with van der Waals surface area (Å²) in [6.45, 7) is -0.506. The van der Waals surface area contributed by atoms with Gasteiger partial charge in [0.05, 0.1) is 10.7 Å². The normalized spacial score (nSPS) is 12.3. The Kier molecular flexibility index (Phi) is 5.52. The van der Waals surface area contributed by atoms with Crippen LogP contribution in [0.25, 0.3) is 0 Å². The summed E-state index contributed by atoms with van der Waals surface area (Å²) in [4.78, 5) is 9.28. The van der Waals surface area contributed by atoms with Crippen LogP contribution in [-0.4, -0.2) is 34.1 Å². The molecular weight excluding hydrogens is 369 g/mol. The number of benzene rings is 1. The average Bonchev–Trinajstić information content (AvgIpc) is 2.25. The van der Waals surface area contributed by atoms with Crippen LogP contribution in [0.5, 0.6) is 0 Å². The van der Waals surface area contributed by atoms with Gasteiger partial charge in [-0.25, -0.2) is 26.7 Å². The molecule has 0 aliphatic rings. The molecule has 0 aromatic heterocycles. The Morgan fingerprint density at radius 3 is 2.29 bits per heavy atom. The highest BCUT2D eigenvalue weighted by atomic mass is 35.5. The zero-order valence-electron chi connectivity index (χ0n) is 10.1. The summed E-state index contributed by atoms with van der Waals surface area (Å²) in [6.07, 6.45) is 0. The summed E-state index contributed by atoms with van der Waals surface area (Å²) in [6, 6.07) is 1.97. The second-order valence-corrected chi connectivity index (χ2v) is 7.98. The molecule has 13 heteroatoms. The molecule has 0 saturated carbocycles. The molecule has 0 spiro atoms. The fraction of sp³-hybridized carbons (Fsp3) is 0.250. The first-order chi connectivity index (χ1) is 9.46. The largest absolute Gasteiger partial charge is 0.307 e. The van der Waals surface area contributed by atoms with E-state index >= 15 is 0 Å². The van der Waals surface area contributed by atoms with Gasteiger partial charge in [-0.15, -0.1) is 0 Å². The lowest BCUT2D eigenvalue weighted by Crippen LogP contribution is -2.31. The molecule has 0 amide bonds. The van der Waals surface area contributed by atoms with Gasteiger partial charge in [0, 0.05) is 6.54 Å². The van der Waals surface area contributed by atoms with Gasteiger partial charge in [0.25, 0.3) is 0 Å². The molecule has 0 saturated heterocycles. The van der Waals surface area contributed by atoms with Crippen LogP contribution in [-0.2, 0) is 20.0 Å². The Hall–Kier alpha value is -0.980. The summed E-state index contributed by atoms with van der Waals surface area (Å²) >= 11 is 11.2. The van der Waals surface area contributed by atoms with Crippen molar-refractivity contribution in [1.29, 1.82) is 0 Å². The highest BCUT2D eigenvalue weighted by Gasteiger charge is 2.27. The zero-order chi connectivity index (χ0) is 16.4. The number of nitrogens with one attached hydrogen (secondary N) is 1. The number of primary sulfonamides is 1. The lowest BCUT2D eigenvalue weighted by Gasteiger charge is -2.08. The maximum absolute atomic E-state index is 11.9. The Morgan fingerprint density at radius 2 is 1.81 bits per heavy atom. The van der Waals surface area contributed by atoms with Gasteiger partial charge >= 0.3 is 5.69 Å². The number of hydrogen-bond acceptors (Lipinski definition) is 6. The zero-order valence-corrected chi connectivity index (χ0v) is 13.3. The van der Waals surface area contributed by atoms with Crippen molar-refractivity contribution in [3.63, 3.8) is 0 Å². The number of hydrogen-bond donors (Lipinski definition) is 2. The van der Waals surface area contributed by atoms with Gasteiger partial charge in [-0.05, 0) is 12.1 Å². The summed E-state index contributed by atoms with van der Waals surface area (Å²) in [5, 5.41) is 14.5. The topological polar surface area (TPSA) is 149 Å². The molecule has 118 valence electrons. The molecule has 0 fully saturated rings. The lowest BCUT2D eigenvalue weighted by atomic mass is 10.3. The predicted molar refractivity (Wildman–Crippen MR) is 76.3 cm³/mol. The first-order valence-corrected chi connectivity index (χ1v) is 9.03. The van der Waals surface area contributed by atoms with Gasteiger partial charge in [0.2, 0.25) is 20.0 Å². The van der Waals surface area contributed by atoms with Crippen molar-refractivity contribution < 1.29 is 21.8 Å². The third-order valence-electron chi connectivity index (χ3n) is 2.18. The summed E-state index contributed by atoms with van der Waals surface area (Å²) in [5.74, 6) is -0.639. The number of nitrogens with zero attached hydrogens (tertiary/aromatic N) is 1. The maximum Gasteiger partial charge on any atom is 0.307 e. The van der Waals surface area contributed by atoms with Crippen molar-refractivity contribution in [3.8, 4) is 0 Å². The monoisotopic (exact) mass is 377 g/mol. The molecule has 1 aromatic carbocycles. The quantitative estimate of drug-likeness (QED) is 0.543. The molecule has 0 atom stereocenters. The van der Waals surface area contributed by atoms with Gasteiger partial charge in [-0.1, -0.05) is 23.2 Å². The SMILES string of the molecule is NS(=O)(=O)CCNS(=O)(=O)c1ccc(Cl)c([N+](=O)[O-])c1Cl. The van der Waals surface area contributed by atoms with E-state index in [1.54, 1.807) is 0 Å². The second-order valence-electron chi connectivity index (χ2n) is 3.73. The molecular formula is C8H9Cl2N3O6S2. The molecule has 0 unspecified atom stereocenters. The third kappa shape index (κ3) is 4.76. The van der Waals surface area contributed by atoms with E-state index in [0.717, 1.165) is 12.1 Å². The van der Waals surface area contributed by atoms with Crippen molar-refractivity contribution in [2.45, 2.75) is 4.90 Å². The van der Waals surface area contributed by atoms with Crippen LogP contribution in [0.4, 0.5) is 5.69 Å². The number of sulfonamides is 2. The minimum Gasteiger partial charge on any atom is -0.258 e. The van der Waals surface area contributed by atoms with Gasteiger partial charge in [-0.3, -0.25) is 10.1 Å². The Labute approximate surface area is 130 Å². The fourth-order valence-corrected chi connectivity index (χ4v) is 3.73. The Bertz CT molecular complexity index is 777. The van der Waals surface area contributed by atoms with E-state index in [4.69, 9.17) is 28.3 Å². The molecule has 0 radical (unpaired) electrons. The number of nitrogens with two attached hydrogens (primary N) is 1. The highest BCUT2D eigenvalue weighted by molar-refractivity contribution is 7.90. The van der Waals surface area contributed by atoms with E-state index in [9.17, 15) is 26.9 Å². The van der Waals surface area contributed by atoms with Crippen LogP contribution >= 0.6 is 23.2 Å². The summed E-state index contributed by atoms with van der Waals surface area (Å²) in [5.41, 5.74) is -0.757. The fourth-order valence-electron chi connectivity index (χ4n) is 1.29. The standard InChI is InChI=1S/C8H9Cl2N3O6S2/c9-5-1-2-6(7(10)8(5)13(14)15)21(18,19)12-3-4-20(11,16)17/h1-2,12H,3-4H2,(H2,11,16,17). The Morgan fingerprint density at radius 1 is 1.24 bits per heavy atom. The average molecular weight is 378 g/mol. The first-order valence-electron chi connectivity index (χ1n) is 5.08. The highest BCUT2D eigenvalue weighted by Crippen LogP contribution is 2.36.